The molecule has 0 saturated heterocycles. The molecule has 3 aromatic rings. The van der Waals surface area contributed by atoms with Crippen molar-refractivity contribution in [3.63, 3.8) is 0 Å². The summed E-state index contributed by atoms with van der Waals surface area (Å²) < 4.78 is 33.2. The van der Waals surface area contributed by atoms with E-state index in [0.717, 1.165) is 50.2 Å². The average molecular weight is 502 g/mol. The summed E-state index contributed by atoms with van der Waals surface area (Å²) in [5.74, 6) is -2.35. The van der Waals surface area contributed by atoms with Gasteiger partial charge in [-0.1, -0.05) is 30.8 Å². The van der Waals surface area contributed by atoms with Gasteiger partial charge in [0.2, 0.25) is 0 Å². The van der Waals surface area contributed by atoms with E-state index in [1.165, 1.54) is 17.7 Å². The smallest absolute Gasteiger partial charge is 0.303 e. The van der Waals surface area contributed by atoms with Gasteiger partial charge in [0.1, 0.15) is 10.8 Å². The number of carboxylic acids is 1. The number of carboxylic acid groups (broad SMARTS) is 1. The largest absolute Gasteiger partial charge is 0.496 e. The highest BCUT2D eigenvalue weighted by atomic mass is 32.2. The molecule has 1 heterocycles. The number of methoxy groups -OCH3 is 1. The van der Waals surface area contributed by atoms with Gasteiger partial charge in [-0.25, -0.2) is 4.98 Å². The van der Waals surface area contributed by atoms with E-state index in [1.807, 2.05) is 13.0 Å². The van der Waals surface area contributed by atoms with E-state index in [9.17, 15) is 18.7 Å². The number of aliphatic carboxylic acids is 1. The Bertz CT molecular complexity index is 1220. The molecule has 0 amide bonds. The minimum atomic E-state index is -3.05. The summed E-state index contributed by atoms with van der Waals surface area (Å²) in [5.41, 5.74) is 3.88. The summed E-state index contributed by atoms with van der Waals surface area (Å²) in [7, 11) is 1.63. The zero-order chi connectivity index (χ0) is 24.5. The van der Waals surface area contributed by atoms with Gasteiger partial charge in [0.05, 0.1) is 19.2 Å². The number of aryl methyl sites for hydroxylation is 2. The quantitative estimate of drug-likeness (QED) is 0.248. The Morgan fingerprint density at radius 2 is 2.09 bits per heavy atom. The molecule has 1 unspecified atom stereocenters. The number of aromatic nitrogens is 1. The summed E-state index contributed by atoms with van der Waals surface area (Å²) >= 11 is 3.21. The number of ether oxygens (including phenoxy) is 1. The van der Waals surface area contributed by atoms with E-state index < -0.39 is 11.9 Å². The van der Waals surface area contributed by atoms with E-state index in [2.05, 4.69) is 17.6 Å². The lowest BCUT2D eigenvalue weighted by Crippen LogP contribution is -2.08. The number of fused-ring (bicyclic) bond motifs is 1. The fourth-order valence-corrected chi connectivity index (χ4v) is 6.46. The summed E-state index contributed by atoms with van der Waals surface area (Å²) in [6.45, 7) is 5.15. The molecule has 0 bridgehead atoms. The summed E-state index contributed by atoms with van der Waals surface area (Å²) in [6, 6.07) is 10.3. The van der Waals surface area contributed by atoms with Crippen molar-refractivity contribution in [3.05, 3.63) is 76.3 Å². The van der Waals surface area contributed by atoms with Crippen LogP contribution in [0.15, 0.2) is 53.9 Å². The van der Waals surface area contributed by atoms with Gasteiger partial charge in [0, 0.05) is 26.7 Å². The Kier molecular flexibility index (Phi) is 7.09. The number of rotatable bonds is 9. The molecule has 0 fully saturated rings. The third-order valence-corrected chi connectivity index (χ3v) is 8.53. The first kappa shape index (κ1) is 24.4. The molecule has 8 heteroatoms. The molecule has 1 N–H and O–H groups in total. The zero-order valence-corrected chi connectivity index (χ0v) is 20.6. The second-order valence-corrected chi connectivity index (χ2v) is 10.4. The van der Waals surface area contributed by atoms with Gasteiger partial charge in [-0.3, -0.25) is 4.79 Å². The lowest BCUT2D eigenvalue weighted by molar-refractivity contribution is -0.137. The third-order valence-electron chi connectivity index (χ3n) is 6.07. The van der Waals surface area contributed by atoms with Crippen molar-refractivity contribution in [2.45, 2.75) is 48.7 Å². The van der Waals surface area contributed by atoms with Gasteiger partial charge < -0.3 is 9.84 Å². The first-order chi connectivity index (χ1) is 16.2. The normalized spacial score (nSPS) is 15.2. The van der Waals surface area contributed by atoms with Gasteiger partial charge in [0.15, 0.2) is 0 Å². The van der Waals surface area contributed by atoms with Crippen molar-refractivity contribution in [1.82, 2.24) is 4.98 Å². The number of allylic oxidation sites excluding steroid dienone is 1. The predicted octanol–water partition coefficient (Wildman–Crippen LogP) is 7.20. The lowest BCUT2D eigenvalue weighted by atomic mass is 9.98. The molecular weight excluding hydrogens is 476 g/mol. The van der Waals surface area contributed by atoms with Crippen molar-refractivity contribution in [1.29, 1.82) is 0 Å². The number of benzene rings is 2. The number of hydrogen-bond acceptors (Lipinski definition) is 5. The Hall–Kier alpha value is -2.71. The van der Waals surface area contributed by atoms with Crippen LogP contribution in [0.2, 0.25) is 0 Å². The Balaban J connectivity index is 1.51. The lowest BCUT2D eigenvalue weighted by Gasteiger charge is -2.14. The molecule has 0 saturated carbocycles. The molecule has 1 aliphatic rings. The van der Waals surface area contributed by atoms with E-state index in [1.54, 1.807) is 42.3 Å². The van der Waals surface area contributed by atoms with Crippen LogP contribution in [0.4, 0.5) is 8.78 Å². The number of nitrogens with zero attached hydrogens (tertiary/aromatic N) is 1. The van der Waals surface area contributed by atoms with Crippen molar-refractivity contribution < 1.29 is 23.4 Å². The Labute approximate surface area is 205 Å². The van der Waals surface area contributed by atoms with Crippen LogP contribution in [-0.4, -0.2) is 23.2 Å². The number of thioether (sulfide) groups is 1. The molecule has 4 rings (SSSR count). The molecule has 0 aliphatic heterocycles. The van der Waals surface area contributed by atoms with Gasteiger partial charge in [-0.2, -0.15) is 8.78 Å². The van der Waals surface area contributed by atoms with E-state index in [0.29, 0.717) is 11.8 Å². The van der Waals surface area contributed by atoms with E-state index >= 15 is 0 Å². The number of hydrogen-bond donors (Lipinski definition) is 1. The van der Waals surface area contributed by atoms with Gasteiger partial charge >= 0.3 is 5.97 Å². The minimum absolute atomic E-state index is 0.0320. The fraction of sp³-hybridized carbons (Fsp3) is 0.308. The SMILES string of the molecule is C=CC(F)(F)c1ccc(-c2nc(C)c(CSc3cc4c(cc3OC)C(CC(=O)O)CC4)s2)cc1. The minimum Gasteiger partial charge on any atom is -0.496 e. The highest BCUT2D eigenvalue weighted by Gasteiger charge is 2.28. The molecular formula is C26H25F2NO3S2. The molecule has 4 nitrogen and oxygen atoms in total. The maximum Gasteiger partial charge on any atom is 0.303 e. The molecule has 2 aromatic carbocycles. The van der Waals surface area contributed by atoms with Crippen LogP contribution in [0, 0.1) is 6.92 Å². The first-order valence-electron chi connectivity index (χ1n) is 10.9. The zero-order valence-electron chi connectivity index (χ0n) is 18.9. The molecule has 34 heavy (non-hydrogen) atoms. The van der Waals surface area contributed by atoms with Crippen LogP contribution in [0.25, 0.3) is 10.6 Å². The van der Waals surface area contributed by atoms with Crippen molar-refractivity contribution in [2.24, 2.45) is 0 Å². The monoisotopic (exact) mass is 501 g/mol. The van der Waals surface area contributed by atoms with Crippen molar-refractivity contribution in [3.8, 4) is 16.3 Å². The summed E-state index contributed by atoms with van der Waals surface area (Å²) in [5, 5.41) is 9.98. The highest BCUT2D eigenvalue weighted by Crippen LogP contribution is 2.43. The third kappa shape index (κ3) is 5.03. The second kappa shape index (κ2) is 9.88. The molecule has 0 radical (unpaired) electrons. The van der Waals surface area contributed by atoms with Crippen LogP contribution in [0.3, 0.4) is 0 Å². The van der Waals surface area contributed by atoms with Crippen LogP contribution in [0.1, 0.15) is 46.0 Å². The van der Waals surface area contributed by atoms with Crippen LogP contribution in [-0.2, 0) is 22.9 Å². The summed E-state index contributed by atoms with van der Waals surface area (Å²) in [6.07, 6.45) is 2.49. The number of carbonyl (C=O) groups is 1. The second-order valence-electron chi connectivity index (χ2n) is 8.26. The maximum atomic E-state index is 13.8. The fourth-order valence-electron chi connectivity index (χ4n) is 4.18. The van der Waals surface area contributed by atoms with E-state index in [4.69, 9.17) is 4.74 Å². The van der Waals surface area contributed by atoms with Gasteiger partial charge in [-0.05, 0) is 55.0 Å². The van der Waals surface area contributed by atoms with E-state index in [-0.39, 0.29) is 17.9 Å². The molecule has 0 spiro atoms. The molecule has 178 valence electrons. The Morgan fingerprint density at radius 1 is 1.35 bits per heavy atom. The first-order valence-corrected chi connectivity index (χ1v) is 12.7. The van der Waals surface area contributed by atoms with Gasteiger partial charge in [0.25, 0.3) is 5.92 Å². The van der Waals surface area contributed by atoms with Crippen LogP contribution >= 0.6 is 23.1 Å². The standard InChI is InChI=1S/C26H25F2NO3S2/c1-4-26(27,28)19-9-7-16(8-10-19)25-29-15(2)23(34-25)14-33-22-11-17-5-6-18(12-24(30)31)20(17)13-21(22)32-3/h4,7-11,13,18H,1,5-6,12,14H2,2-3H3,(H,30,31). The van der Waals surface area contributed by atoms with Gasteiger partial charge in [-0.15, -0.1) is 23.1 Å². The topological polar surface area (TPSA) is 59.4 Å². The van der Waals surface area contributed by atoms with Crippen molar-refractivity contribution >= 4 is 29.1 Å². The number of alkyl halides is 2. The van der Waals surface area contributed by atoms with Crippen molar-refractivity contribution in [2.75, 3.05) is 7.11 Å². The number of halogens is 2. The molecule has 1 aromatic heterocycles. The average Bonchev–Trinajstić information content (AvgIpc) is 3.39. The summed E-state index contributed by atoms with van der Waals surface area (Å²) in [4.78, 5) is 18.0. The predicted molar refractivity (Wildman–Crippen MR) is 132 cm³/mol. The van der Waals surface area contributed by atoms with Crippen LogP contribution in [0.5, 0.6) is 5.75 Å². The molecule has 1 aliphatic carbocycles. The van der Waals surface area contributed by atoms with Crippen LogP contribution < -0.4 is 4.74 Å². The Morgan fingerprint density at radius 3 is 2.74 bits per heavy atom. The highest BCUT2D eigenvalue weighted by molar-refractivity contribution is 7.98. The number of thiazole rings is 1. The maximum absolute atomic E-state index is 13.8. The molecule has 1 atom stereocenters.